The third-order valence-corrected chi connectivity index (χ3v) is 3.19. The lowest BCUT2D eigenvalue weighted by atomic mass is 9.92. The van der Waals surface area contributed by atoms with Crippen molar-refractivity contribution in [1.29, 1.82) is 0 Å². The predicted octanol–water partition coefficient (Wildman–Crippen LogP) is 5.29. The minimum absolute atomic E-state index is 0.557. The van der Waals surface area contributed by atoms with Crippen molar-refractivity contribution < 1.29 is 0 Å². The normalized spacial score (nSPS) is 11.3. The Kier molecular flexibility index (Phi) is 3.99. The van der Waals surface area contributed by atoms with E-state index in [1.165, 1.54) is 22.3 Å². The van der Waals surface area contributed by atoms with E-state index in [4.69, 9.17) is 0 Å². The van der Waals surface area contributed by atoms with Gasteiger partial charge in [0.05, 0.1) is 0 Å². The van der Waals surface area contributed by atoms with Gasteiger partial charge < -0.3 is 0 Å². The molecule has 18 heavy (non-hydrogen) atoms. The quantitative estimate of drug-likeness (QED) is 0.635. The highest BCUT2D eigenvalue weighted by atomic mass is 14.1. The molecule has 0 heteroatoms. The van der Waals surface area contributed by atoms with Gasteiger partial charge in [-0.1, -0.05) is 74.5 Å². The van der Waals surface area contributed by atoms with Gasteiger partial charge in [-0.05, 0) is 35.1 Å². The zero-order valence-corrected chi connectivity index (χ0v) is 11.4. The lowest BCUT2D eigenvalue weighted by molar-refractivity contribution is 0.854. The fourth-order valence-electron chi connectivity index (χ4n) is 2.39. The van der Waals surface area contributed by atoms with E-state index < -0.39 is 0 Å². The zero-order valence-electron chi connectivity index (χ0n) is 11.4. The Bertz CT molecular complexity index is 533. The molecule has 0 N–H and O–H groups in total. The fraction of sp³-hybridized carbons (Fsp3) is 0.222. The largest absolute Gasteiger partial charge is 0.0622 e. The summed E-state index contributed by atoms with van der Waals surface area (Å²) >= 11 is 0. The van der Waals surface area contributed by atoms with Gasteiger partial charge in [-0.2, -0.15) is 0 Å². The molecule has 0 amide bonds. The van der Waals surface area contributed by atoms with Crippen molar-refractivity contribution in [1.82, 2.24) is 0 Å². The molecule has 0 saturated carbocycles. The van der Waals surface area contributed by atoms with Crippen LogP contribution in [0.3, 0.4) is 0 Å². The molecule has 0 aromatic heterocycles. The van der Waals surface area contributed by atoms with Crippen molar-refractivity contribution in [3.63, 3.8) is 0 Å². The number of rotatable bonds is 3. The van der Waals surface area contributed by atoms with Gasteiger partial charge in [0.2, 0.25) is 0 Å². The van der Waals surface area contributed by atoms with Crippen LogP contribution in [0.1, 0.15) is 42.0 Å². The molecule has 0 aliphatic heterocycles. The summed E-state index contributed by atoms with van der Waals surface area (Å²) in [6.07, 6.45) is 4.40. The highest BCUT2D eigenvalue weighted by Gasteiger charge is 2.06. The van der Waals surface area contributed by atoms with Crippen LogP contribution < -0.4 is 0 Å². The molecule has 2 rings (SSSR count). The summed E-state index contributed by atoms with van der Waals surface area (Å²) in [4.78, 5) is 0. The highest BCUT2D eigenvalue weighted by molar-refractivity contribution is 5.72. The molecule has 0 spiro atoms. The SMILES string of the molecule is Cc1cccc(C=Cc2ccccc2)c1C(C)C. The zero-order chi connectivity index (χ0) is 13.0. The molecule has 0 radical (unpaired) electrons. The summed E-state index contributed by atoms with van der Waals surface area (Å²) in [5.74, 6) is 0.557. The van der Waals surface area contributed by atoms with Crippen LogP contribution in [0.4, 0.5) is 0 Å². The van der Waals surface area contributed by atoms with Crippen LogP contribution in [0, 0.1) is 6.92 Å². The first-order chi connectivity index (χ1) is 8.68. The second-order valence-electron chi connectivity index (χ2n) is 4.98. The molecule has 0 bridgehead atoms. The van der Waals surface area contributed by atoms with Crippen LogP contribution >= 0.6 is 0 Å². The molecule has 0 saturated heterocycles. The summed E-state index contributed by atoms with van der Waals surface area (Å²) in [6, 6.07) is 17.0. The van der Waals surface area contributed by atoms with Crippen LogP contribution in [0.15, 0.2) is 48.5 Å². The van der Waals surface area contributed by atoms with Gasteiger partial charge in [0.25, 0.3) is 0 Å². The van der Waals surface area contributed by atoms with E-state index in [9.17, 15) is 0 Å². The average molecular weight is 236 g/mol. The number of hydrogen-bond acceptors (Lipinski definition) is 0. The van der Waals surface area contributed by atoms with Crippen molar-refractivity contribution in [3.05, 3.63) is 70.8 Å². The molecule has 0 atom stereocenters. The summed E-state index contributed by atoms with van der Waals surface area (Å²) in [5.41, 5.74) is 5.40. The second-order valence-corrected chi connectivity index (χ2v) is 4.98. The van der Waals surface area contributed by atoms with Crippen LogP contribution in [0.2, 0.25) is 0 Å². The molecule has 2 aromatic rings. The van der Waals surface area contributed by atoms with Gasteiger partial charge in [-0.25, -0.2) is 0 Å². The van der Waals surface area contributed by atoms with Crippen molar-refractivity contribution in [2.24, 2.45) is 0 Å². The monoisotopic (exact) mass is 236 g/mol. The molecule has 0 nitrogen and oxygen atoms in total. The molecule has 0 aliphatic rings. The summed E-state index contributed by atoms with van der Waals surface area (Å²) < 4.78 is 0. The molecule has 2 aromatic carbocycles. The maximum atomic E-state index is 2.25. The molecule has 92 valence electrons. The van der Waals surface area contributed by atoms with Crippen molar-refractivity contribution >= 4 is 12.2 Å². The van der Waals surface area contributed by atoms with Crippen molar-refractivity contribution in [2.45, 2.75) is 26.7 Å². The Balaban J connectivity index is 2.35. The first-order valence-corrected chi connectivity index (χ1v) is 6.51. The summed E-state index contributed by atoms with van der Waals surface area (Å²) in [6.45, 7) is 6.69. The Morgan fingerprint density at radius 2 is 1.56 bits per heavy atom. The second kappa shape index (κ2) is 5.68. The summed E-state index contributed by atoms with van der Waals surface area (Å²) in [5, 5.41) is 0. The van der Waals surface area contributed by atoms with E-state index in [-0.39, 0.29) is 0 Å². The van der Waals surface area contributed by atoms with Crippen LogP contribution in [-0.2, 0) is 0 Å². The Morgan fingerprint density at radius 3 is 2.22 bits per heavy atom. The average Bonchev–Trinajstić information content (AvgIpc) is 2.37. The fourth-order valence-corrected chi connectivity index (χ4v) is 2.39. The van der Waals surface area contributed by atoms with E-state index >= 15 is 0 Å². The minimum Gasteiger partial charge on any atom is -0.0622 e. The van der Waals surface area contributed by atoms with Gasteiger partial charge >= 0.3 is 0 Å². The maximum Gasteiger partial charge on any atom is -0.0210 e. The highest BCUT2D eigenvalue weighted by Crippen LogP contribution is 2.25. The van der Waals surface area contributed by atoms with Crippen LogP contribution in [0.5, 0.6) is 0 Å². The number of aryl methyl sites for hydroxylation is 1. The molecule has 0 fully saturated rings. The van der Waals surface area contributed by atoms with Gasteiger partial charge in [0.15, 0.2) is 0 Å². The van der Waals surface area contributed by atoms with E-state index in [2.05, 4.69) is 75.4 Å². The van der Waals surface area contributed by atoms with E-state index in [0.29, 0.717) is 5.92 Å². The van der Waals surface area contributed by atoms with E-state index in [1.54, 1.807) is 0 Å². The Morgan fingerprint density at radius 1 is 0.833 bits per heavy atom. The van der Waals surface area contributed by atoms with Gasteiger partial charge in [0, 0.05) is 0 Å². The molecule has 0 aliphatic carbocycles. The van der Waals surface area contributed by atoms with E-state index in [1.807, 2.05) is 6.07 Å². The van der Waals surface area contributed by atoms with Gasteiger partial charge in [-0.15, -0.1) is 0 Å². The van der Waals surface area contributed by atoms with Crippen LogP contribution in [0.25, 0.3) is 12.2 Å². The smallest absolute Gasteiger partial charge is 0.0210 e. The lowest BCUT2D eigenvalue weighted by Gasteiger charge is -2.13. The minimum atomic E-state index is 0.557. The van der Waals surface area contributed by atoms with Crippen molar-refractivity contribution in [2.75, 3.05) is 0 Å². The van der Waals surface area contributed by atoms with Crippen molar-refractivity contribution in [3.8, 4) is 0 Å². The molecular weight excluding hydrogens is 216 g/mol. The first kappa shape index (κ1) is 12.6. The van der Waals surface area contributed by atoms with E-state index in [0.717, 1.165) is 0 Å². The topological polar surface area (TPSA) is 0 Å². The number of hydrogen-bond donors (Lipinski definition) is 0. The first-order valence-electron chi connectivity index (χ1n) is 6.51. The Hall–Kier alpha value is -1.82. The molecule has 0 unspecified atom stereocenters. The standard InChI is InChI=1S/C18H20/c1-14(2)18-15(3)8-7-11-17(18)13-12-16-9-5-4-6-10-16/h4-14H,1-3H3. The predicted molar refractivity (Wildman–Crippen MR) is 80.6 cm³/mol. The molecular formula is C18H20. The van der Waals surface area contributed by atoms with Gasteiger partial charge in [-0.3, -0.25) is 0 Å². The Labute approximate surface area is 110 Å². The summed E-state index contributed by atoms with van der Waals surface area (Å²) in [7, 11) is 0. The third kappa shape index (κ3) is 2.89. The van der Waals surface area contributed by atoms with Crippen LogP contribution in [-0.4, -0.2) is 0 Å². The third-order valence-electron chi connectivity index (χ3n) is 3.19. The number of benzene rings is 2. The lowest BCUT2D eigenvalue weighted by Crippen LogP contribution is -1.95. The maximum absolute atomic E-state index is 2.25. The molecule has 0 heterocycles. The van der Waals surface area contributed by atoms with Gasteiger partial charge in [0.1, 0.15) is 0 Å².